The number of oxime groups is 1. The van der Waals surface area contributed by atoms with Crippen molar-refractivity contribution >= 4 is 5.71 Å². The van der Waals surface area contributed by atoms with Crippen molar-refractivity contribution < 1.29 is 4.84 Å². The maximum absolute atomic E-state index is 4.79. The van der Waals surface area contributed by atoms with E-state index >= 15 is 0 Å². The molecule has 2 aliphatic carbocycles. The van der Waals surface area contributed by atoms with E-state index in [2.05, 4.69) is 24.2 Å². The van der Waals surface area contributed by atoms with Gasteiger partial charge in [-0.1, -0.05) is 17.3 Å². The molecular weight excluding hydrogens is 150 g/mol. The molecule has 0 aromatic rings. The molecule has 12 heavy (non-hydrogen) atoms. The lowest BCUT2D eigenvalue weighted by atomic mass is 9.90. The molecule has 2 aliphatic rings. The van der Waals surface area contributed by atoms with Crippen molar-refractivity contribution in [3.05, 3.63) is 12.2 Å². The predicted molar refractivity (Wildman–Crippen MR) is 49.0 cm³/mol. The number of fused-ring (bicyclic) bond motifs is 2. The van der Waals surface area contributed by atoms with E-state index in [-0.39, 0.29) is 0 Å². The van der Waals surface area contributed by atoms with Crippen LogP contribution in [0.4, 0.5) is 0 Å². The molecule has 2 bridgehead atoms. The molecule has 0 heterocycles. The summed E-state index contributed by atoms with van der Waals surface area (Å²) in [4.78, 5) is 4.79. The minimum Gasteiger partial charge on any atom is -0.399 e. The molecule has 0 amide bonds. The van der Waals surface area contributed by atoms with Crippen molar-refractivity contribution in [1.29, 1.82) is 0 Å². The topological polar surface area (TPSA) is 21.6 Å². The minimum atomic E-state index is 0.653. The SMILES string of the molecule is CO/N=C(\C)[C@H]1C[C@@H]2C=C[C@H]1C2. The minimum absolute atomic E-state index is 0.653. The van der Waals surface area contributed by atoms with E-state index < -0.39 is 0 Å². The smallest absolute Gasteiger partial charge is 0.106 e. The summed E-state index contributed by atoms with van der Waals surface area (Å²) in [6, 6.07) is 0. The van der Waals surface area contributed by atoms with E-state index in [4.69, 9.17) is 4.84 Å². The monoisotopic (exact) mass is 165 g/mol. The van der Waals surface area contributed by atoms with Crippen LogP contribution in [0.5, 0.6) is 0 Å². The largest absolute Gasteiger partial charge is 0.399 e. The van der Waals surface area contributed by atoms with E-state index in [0.29, 0.717) is 5.92 Å². The zero-order chi connectivity index (χ0) is 8.55. The summed E-state index contributed by atoms with van der Waals surface area (Å²) in [6.07, 6.45) is 7.30. The van der Waals surface area contributed by atoms with E-state index in [1.165, 1.54) is 12.8 Å². The van der Waals surface area contributed by atoms with Gasteiger partial charge in [0, 0.05) is 5.92 Å². The van der Waals surface area contributed by atoms with Crippen molar-refractivity contribution in [3.63, 3.8) is 0 Å². The van der Waals surface area contributed by atoms with Crippen molar-refractivity contribution in [2.45, 2.75) is 19.8 Å². The van der Waals surface area contributed by atoms with Crippen LogP contribution in [0.1, 0.15) is 19.8 Å². The first-order chi connectivity index (χ1) is 5.81. The Balaban J connectivity index is 2.07. The third kappa shape index (κ3) is 1.15. The van der Waals surface area contributed by atoms with Crippen molar-refractivity contribution in [1.82, 2.24) is 0 Å². The van der Waals surface area contributed by atoms with Crippen LogP contribution in [-0.4, -0.2) is 12.8 Å². The van der Waals surface area contributed by atoms with Gasteiger partial charge in [-0.2, -0.15) is 0 Å². The highest BCUT2D eigenvalue weighted by molar-refractivity contribution is 5.85. The van der Waals surface area contributed by atoms with Crippen LogP contribution in [0.2, 0.25) is 0 Å². The molecule has 0 aliphatic heterocycles. The van der Waals surface area contributed by atoms with Crippen LogP contribution < -0.4 is 0 Å². The van der Waals surface area contributed by atoms with Gasteiger partial charge in [-0.05, 0) is 31.6 Å². The van der Waals surface area contributed by atoms with Crippen LogP contribution in [0, 0.1) is 17.8 Å². The molecule has 0 N–H and O–H groups in total. The number of allylic oxidation sites excluding steroid dienone is 2. The van der Waals surface area contributed by atoms with Gasteiger partial charge in [-0.15, -0.1) is 0 Å². The first kappa shape index (κ1) is 7.84. The van der Waals surface area contributed by atoms with Gasteiger partial charge in [-0.3, -0.25) is 0 Å². The number of nitrogens with zero attached hydrogens (tertiary/aromatic N) is 1. The molecule has 66 valence electrons. The van der Waals surface area contributed by atoms with Gasteiger partial charge >= 0.3 is 0 Å². The summed E-state index contributed by atoms with van der Waals surface area (Å²) in [5.74, 6) is 2.22. The van der Waals surface area contributed by atoms with Gasteiger partial charge in [0.05, 0.1) is 5.71 Å². The highest BCUT2D eigenvalue weighted by Gasteiger charge is 2.37. The first-order valence-corrected chi connectivity index (χ1v) is 4.57. The van der Waals surface area contributed by atoms with E-state index in [1.807, 2.05) is 0 Å². The maximum Gasteiger partial charge on any atom is 0.106 e. The number of hydrogen-bond donors (Lipinski definition) is 0. The maximum atomic E-state index is 4.79. The molecule has 0 unspecified atom stereocenters. The Bertz CT molecular complexity index is 232. The van der Waals surface area contributed by atoms with Gasteiger partial charge in [0.1, 0.15) is 7.11 Å². The normalized spacial score (nSPS) is 39.2. The van der Waals surface area contributed by atoms with Gasteiger partial charge in [0.15, 0.2) is 0 Å². The summed E-state index contributed by atoms with van der Waals surface area (Å²) in [5, 5.41) is 4.01. The summed E-state index contributed by atoms with van der Waals surface area (Å²) < 4.78 is 0. The first-order valence-electron chi connectivity index (χ1n) is 4.57. The second kappa shape index (κ2) is 2.92. The molecule has 0 aromatic heterocycles. The summed E-state index contributed by atoms with van der Waals surface area (Å²) in [6.45, 7) is 2.07. The highest BCUT2D eigenvalue weighted by atomic mass is 16.6. The van der Waals surface area contributed by atoms with Crippen LogP contribution in [0.15, 0.2) is 17.3 Å². The third-order valence-electron chi connectivity index (χ3n) is 3.05. The van der Waals surface area contributed by atoms with E-state index in [1.54, 1.807) is 7.11 Å². The molecule has 0 aromatic carbocycles. The average molecular weight is 165 g/mol. The van der Waals surface area contributed by atoms with Crippen LogP contribution in [0.25, 0.3) is 0 Å². The van der Waals surface area contributed by atoms with Gasteiger partial charge < -0.3 is 4.84 Å². The van der Waals surface area contributed by atoms with Crippen molar-refractivity contribution in [3.8, 4) is 0 Å². The average Bonchev–Trinajstić information content (AvgIpc) is 2.64. The molecule has 0 saturated heterocycles. The lowest BCUT2D eigenvalue weighted by Gasteiger charge is -2.16. The lowest BCUT2D eigenvalue weighted by molar-refractivity contribution is 0.210. The fourth-order valence-corrected chi connectivity index (χ4v) is 2.47. The van der Waals surface area contributed by atoms with Crippen LogP contribution in [-0.2, 0) is 4.84 Å². The molecule has 0 radical (unpaired) electrons. The zero-order valence-corrected chi connectivity index (χ0v) is 7.66. The number of hydrogen-bond acceptors (Lipinski definition) is 2. The molecule has 2 rings (SSSR count). The van der Waals surface area contributed by atoms with Crippen molar-refractivity contribution in [2.75, 3.05) is 7.11 Å². The zero-order valence-electron chi connectivity index (χ0n) is 7.66. The Morgan fingerprint density at radius 3 is 2.75 bits per heavy atom. The Labute approximate surface area is 73.3 Å². The number of rotatable bonds is 2. The molecule has 3 atom stereocenters. The second-order valence-corrected chi connectivity index (χ2v) is 3.80. The van der Waals surface area contributed by atoms with E-state index in [0.717, 1.165) is 17.5 Å². The summed E-state index contributed by atoms with van der Waals surface area (Å²) >= 11 is 0. The Kier molecular flexibility index (Phi) is 1.91. The highest BCUT2D eigenvalue weighted by Crippen LogP contribution is 2.43. The predicted octanol–water partition coefficient (Wildman–Crippen LogP) is 2.22. The summed E-state index contributed by atoms with van der Waals surface area (Å²) in [7, 11) is 1.62. The summed E-state index contributed by atoms with van der Waals surface area (Å²) in [5.41, 5.74) is 1.16. The van der Waals surface area contributed by atoms with Crippen molar-refractivity contribution in [2.24, 2.45) is 22.9 Å². The van der Waals surface area contributed by atoms with Crippen LogP contribution in [0.3, 0.4) is 0 Å². The van der Waals surface area contributed by atoms with Gasteiger partial charge in [-0.25, -0.2) is 0 Å². The molecular formula is C10H15NO. The van der Waals surface area contributed by atoms with E-state index in [9.17, 15) is 0 Å². The fraction of sp³-hybridized carbons (Fsp3) is 0.700. The molecule has 2 heteroatoms. The van der Waals surface area contributed by atoms with Crippen LogP contribution >= 0.6 is 0 Å². The van der Waals surface area contributed by atoms with Gasteiger partial charge in [0.2, 0.25) is 0 Å². The Morgan fingerprint density at radius 2 is 2.25 bits per heavy atom. The Morgan fingerprint density at radius 1 is 1.42 bits per heavy atom. The lowest BCUT2D eigenvalue weighted by Crippen LogP contribution is -2.16. The molecule has 0 spiro atoms. The second-order valence-electron chi connectivity index (χ2n) is 3.80. The molecule has 1 saturated carbocycles. The fourth-order valence-electron chi connectivity index (χ4n) is 2.47. The molecule has 1 fully saturated rings. The quantitative estimate of drug-likeness (QED) is 0.349. The Hall–Kier alpha value is -0.790. The molecule has 2 nitrogen and oxygen atoms in total. The van der Waals surface area contributed by atoms with Gasteiger partial charge in [0.25, 0.3) is 0 Å². The third-order valence-corrected chi connectivity index (χ3v) is 3.05. The standard InChI is InChI=1S/C10H15NO/c1-7(11-12-2)10-6-8-3-4-9(10)5-8/h3-4,8-10H,5-6H2,1-2H3/b11-7+/t8-,9+,10-/m1/s1.